The molecule has 0 amide bonds. The Hall–Kier alpha value is -1.15. The Balaban J connectivity index is 2.16. The molecule has 0 aliphatic carbocycles. The van der Waals surface area contributed by atoms with Crippen LogP contribution in [0.2, 0.25) is 0 Å². The molecule has 6 nitrogen and oxygen atoms in total. The van der Waals surface area contributed by atoms with E-state index in [0.717, 1.165) is 37.2 Å². The molecule has 1 heterocycles. The van der Waals surface area contributed by atoms with Crippen LogP contribution in [-0.4, -0.2) is 40.1 Å². The first-order chi connectivity index (χ1) is 9.99. The maximum absolute atomic E-state index is 11.2. The van der Waals surface area contributed by atoms with Gasteiger partial charge in [0.1, 0.15) is 5.75 Å². The van der Waals surface area contributed by atoms with E-state index in [1.165, 1.54) is 6.42 Å². The van der Waals surface area contributed by atoms with Crippen LogP contribution in [0.25, 0.3) is 0 Å². The molecule has 0 bridgehead atoms. The third-order valence-electron chi connectivity index (χ3n) is 3.81. The lowest BCUT2D eigenvalue weighted by molar-refractivity contribution is 0.164. The van der Waals surface area contributed by atoms with Gasteiger partial charge in [0.2, 0.25) is 0 Å². The van der Waals surface area contributed by atoms with E-state index in [4.69, 9.17) is 9.88 Å². The van der Waals surface area contributed by atoms with Gasteiger partial charge in [-0.1, -0.05) is 18.6 Å². The standard InChI is InChI=1S/C14H23N3O3S/c1-20-13-7-5-12(6-8-13)14(11-16-21(15,18)19)17-9-3-2-4-10-17/h5-8,14,16H,2-4,9-11H2,1H3,(H2,15,18,19). The first-order valence-corrected chi connectivity index (χ1v) is 8.69. The van der Waals surface area contributed by atoms with Crippen LogP contribution in [0.3, 0.4) is 0 Å². The van der Waals surface area contributed by atoms with Crippen molar-refractivity contribution in [3.63, 3.8) is 0 Å². The summed E-state index contributed by atoms with van der Waals surface area (Å²) in [5.74, 6) is 0.788. The summed E-state index contributed by atoms with van der Waals surface area (Å²) in [5, 5.41) is 5.06. The van der Waals surface area contributed by atoms with Gasteiger partial charge in [-0.2, -0.15) is 8.42 Å². The minimum absolute atomic E-state index is 0.00506. The van der Waals surface area contributed by atoms with Crippen LogP contribution in [-0.2, 0) is 10.2 Å². The quantitative estimate of drug-likeness (QED) is 0.821. The molecule has 0 radical (unpaired) electrons. The second-order valence-corrected chi connectivity index (χ2v) is 6.66. The molecule has 1 aromatic carbocycles. The maximum Gasteiger partial charge on any atom is 0.274 e. The van der Waals surface area contributed by atoms with Gasteiger partial charge in [0, 0.05) is 12.6 Å². The molecule has 1 fully saturated rings. The molecule has 3 N–H and O–H groups in total. The molecule has 1 aromatic rings. The molecule has 1 aliphatic rings. The van der Waals surface area contributed by atoms with Crippen LogP contribution in [0.5, 0.6) is 5.75 Å². The molecular weight excluding hydrogens is 290 g/mol. The van der Waals surface area contributed by atoms with Crippen molar-refractivity contribution < 1.29 is 13.2 Å². The van der Waals surface area contributed by atoms with Crippen LogP contribution >= 0.6 is 0 Å². The number of piperidine rings is 1. The average Bonchev–Trinajstić information content (AvgIpc) is 2.48. The van der Waals surface area contributed by atoms with Crippen molar-refractivity contribution in [2.24, 2.45) is 5.14 Å². The number of nitrogens with one attached hydrogen (secondary N) is 1. The van der Waals surface area contributed by atoms with Gasteiger partial charge in [-0.15, -0.1) is 0 Å². The highest BCUT2D eigenvalue weighted by Crippen LogP contribution is 2.25. The van der Waals surface area contributed by atoms with Crippen LogP contribution in [0, 0.1) is 0 Å². The highest BCUT2D eigenvalue weighted by Gasteiger charge is 2.23. The summed E-state index contributed by atoms with van der Waals surface area (Å²) in [6.07, 6.45) is 3.51. The van der Waals surface area contributed by atoms with Crippen LogP contribution < -0.4 is 14.6 Å². The summed E-state index contributed by atoms with van der Waals surface area (Å²) in [7, 11) is -2.06. The van der Waals surface area contributed by atoms with Gasteiger partial charge in [-0.25, -0.2) is 9.86 Å². The number of hydrogen-bond donors (Lipinski definition) is 2. The van der Waals surface area contributed by atoms with Crippen LogP contribution in [0.1, 0.15) is 30.9 Å². The summed E-state index contributed by atoms with van der Waals surface area (Å²) < 4.78 is 29.9. The Morgan fingerprint density at radius 1 is 1.24 bits per heavy atom. The van der Waals surface area contributed by atoms with Gasteiger partial charge in [0.05, 0.1) is 7.11 Å². The molecule has 1 unspecified atom stereocenters. The topological polar surface area (TPSA) is 84.7 Å². The van der Waals surface area contributed by atoms with E-state index in [-0.39, 0.29) is 12.6 Å². The fourth-order valence-corrected chi connectivity index (χ4v) is 3.10. The summed E-state index contributed by atoms with van der Waals surface area (Å²) in [6.45, 7) is 2.23. The molecule has 7 heteroatoms. The lowest BCUT2D eigenvalue weighted by Crippen LogP contribution is -2.42. The van der Waals surface area contributed by atoms with Gasteiger partial charge in [-0.3, -0.25) is 4.90 Å². The summed E-state index contributed by atoms with van der Waals surface area (Å²) in [5.41, 5.74) is 1.06. The fourth-order valence-electron chi connectivity index (χ4n) is 2.71. The first kappa shape index (κ1) is 16.2. The number of likely N-dealkylation sites (tertiary alicyclic amines) is 1. The van der Waals surface area contributed by atoms with Gasteiger partial charge in [0.25, 0.3) is 10.2 Å². The van der Waals surface area contributed by atoms with Gasteiger partial charge in [-0.05, 0) is 43.6 Å². The SMILES string of the molecule is COc1ccc(C(CNS(N)(=O)=O)N2CCCCC2)cc1. The van der Waals surface area contributed by atoms with Crippen molar-refractivity contribution in [3.8, 4) is 5.75 Å². The van der Waals surface area contributed by atoms with Crippen molar-refractivity contribution in [1.82, 2.24) is 9.62 Å². The third-order valence-corrected chi connectivity index (χ3v) is 4.38. The van der Waals surface area contributed by atoms with E-state index in [1.807, 2.05) is 24.3 Å². The third kappa shape index (κ3) is 4.96. The minimum atomic E-state index is -3.68. The smallest absolute Gasteiger partial charge is 0.274 e. The van der Waals surface area contributed by atoms with Crippen molar-refractivity contribution in [2.45, 2.75) is 25.3 Å². The largest absolute Gasteiger partial charge is 0.497 e. The molecule has 1 aliphatic heterocycles. The van der Waals surface area contributed by atoms with Crippen molar-refractivity contribution in [3.05, 3.63) is 29.8 Å². The molecule has 1 atom stereocenters. The first-order valence-electron chi connectivity index (χ1n) is 7.15. The Morgan fingerprint density at radius 3 is 2.38 bits per heavy atom. The number of hydrogen-bond acceptors (Lipinski definition) is 4. The Labute approximate surface area is 126 Å². The number of benzene rings is 1. The minimum Gasteiger partial charge on any atom is -0.497 e. The van der Waals surface area contributed by atoms with Crippen LogP contribution in [0.4, 0.5) is 0 Å². The number of ether oxygens (including phenoxy) is 1. The van der Waals surface area contributed by atoms with E-state index in [1.54, 1.807) is 7.11 Å². The lowest BCUT2D eigenvalue weighted by Gasteiger charge is -2.34. The van der Waals surface area contributed by atoms with E-state index in [2.05, 4.69) is 9.62 Å². The highest BCUT2D eigenvalue weighted by molar-refractivity contribution is 7.87. The van der Waals surface area contributed by atoms with Gasteiger partial charge in [0.15, 0.2) is 0 Å². The molecular formula is C14H23N3O3S. The lowest BCUT2D eigenvalue weighted by atomic mass is 10.0. The Morgan fingerprint density at radius 2 is 1.86 bits per heavy atom. The number of methoxy groups -OCH3 is 1. The second-order valence-electron chi connectivity index (χ2n) is 5.28. The van der Waals surface area contributed by atoms with E-state index < -0.39 is 10.2 Å². The summed E-state index contributed by atoms with van der Waals surface area (Å²) in [6, 6.07) is 7.73. The van der Waals surface area contributed by atoms with Crippen molar-refractivity contribution in [1.29, 1.82) is 0 Å². The summed E-state index contributed by atoms with van der Waals surface area (Å²) >= 11 is 0. The molecule has 0 aromatic heterocycles. The molecule has 1 saturated heterocycles. The molecule has 0 spiro atoms. The zero-order valence-corrected chi connectivity index (χ0v) is 13.1. The molecule has 0 saturated carbocycles. The Kier molecular flexibility index (Phi) is 5.58. The molecule has 21 heavy (non-hydrogen) atoms. The van der Waals surface area contributed by atoms with Crippen LogP contribution in [0.15, 0.2) is 24.3 Å². The highest BCUT2D eigenvalue weighted by atomic mass is 32.2. The number of rotatable bonds is 6. The number of nitrogens with zero attached hydrogens (tertiary/aromatic N) is 1. The zero-order chi connectivity index (χ0) is 15.3. The molecule has 118 valence electrons. The zero-order valence-electron chi connectivity index (χ0n) is 12.3. The monoisotopic (exact) mass is 313 g/mol. The second kappa shape index (κ2) is 7.22. The van der Waals surface area contributed by atoms with E-state index >= 15 is 0 Å². The maximum atomic E-state index is 11.2. The normalized spacial score (nSPS) is 18.4. The van der Waals surface area contributed by atoms with E-state index in [9.17, 15) is 8.42 Å². The van der Waals surface area contributed by atoms with Crippen molar-refractivity contribution >= 4 is 10.2 Å². The predicted molar refractivity (Wildman–Crippen MR) is 82.3 cm³/mol. The van der Waals surface area contributed by atoms with Crippen molar-refractivity contribution in [2.75, 3.05) is 26.7 Å². The van der Waals surface area contributed by atoms with Gasteiger partial charge >= 0.3 is 0 Å². The summed E-state index contributed by atoms with van der Waals surface area (Å²) in [4.78, 5) is 2.31. The van der Waals surface area contributed by atoms with Gasteiger partial charge < -0.3 is 4.74 Å². The number of nitrogens with two attached hydrogens (primary N) is 1. The fraction of sp³-hybridized carbons (Fsp3) is 0.571. The predicted octanol–water partition coefficient (Wildman–Crippen LogP) is 1.02. The molecule has 2 rings (SSSR count). The average molecular weight is 313 g/mol. The Bertz CT molecular complexity index is 539. The van der Waals surface area contributed by atoms with E-state index in [0.29, 0.717) is 0 Å².